The molecule has 0 spiro atoms. The van der Waals surface area contributed by atoms with Crippen LogP contribution in [0.3, 0.4) is 0 Å². The molecular formula is C27H44O6. The fourth-order valence-electron chi connectivity index (χ4n) is 8.27. The van der Waals surface area contributed by atoms with Crippen LogP contribution < -0.4 is 0 Å². The van der Waals surface area contributed by atoms with Gasteiger partial charge in [0.2, 0.25) is 0 Å². The van der Waals surface area contributed by atoms with Gasteiger partial charge in [-0.05, 0) is 107 Å². The van der Waals surface area contributed by atoms with E-state index in [9.17, 15) is 30.3 Å². The van der Waals surface area contributed by atoms with Crippen molar-refractivity contribution in [2.75, 3.05) is 0 Å². The van der Waals surface area contributed by atoms with Crippen LogP contribution in [0.15, 0.2) is 11.6 Å². The van der Waals surface area contributed by atoms with E-state index in [1.165, 1.54) is 0 Å². The molecule has 0 unspecified atom stereocenters. The number of allylic oxidation sites excluding steroid dienone is 1. The van der Waals surface area contributed by atoms with Crippen molar-refractivity contribution in [2.24, 2.45) is 28.6 Å². The van der Waals surface area contributed by atoms with Crippen molar-refractivity contribution in [1.29, 1.82) is 0 Å². The van der Waals surface area contributed by atoms with Crippen LogP contribution in [-0.2, 0) is 4.79 Å². The van der Waals surface area contributed by atoms with Gasteiger partial charge >= 0.3 is 0 Å². The molecular weight excluding hydrogens is 420 g/mol. The average Bonchev–Trinajstić information content (AvgIpc) is 2.99. The van der Waals surface area contributed by atoms with E-state index in [-0.39, 0.29) is 35.4 Å². The number of aliphatic hydroxyl groups is 5. The van der Waals surface area contributed by atoms with E-state index in [1.807, 2.05) is 6.92 Å². The van der Waals surface area contributed by atoms with Crippen LogP contribution in [0, 0.1) is 28.6 Å². The molecule has 6 heteroatoms. The Morgan fingerprint density at radius 3 is 2.36 bits per heavy atom. The first-order valence-electron chi connectivity index (χ1n) is 12.9. The minimum absolute atomic E-state index is 0.0144. The molecule has 0 amide bonds. The monoisotopic (exact) mass is 464 g/mol. The Hall–Kier alpha value is -0.790. The minimum Gasteiger partial charge on any atom is -0.393 e. The number of ketones is 1. The Balaban J connectivity index is 1.65. The summed E-state index contributed by atoms with van der Waals surface area (Å²) in [5.74, 6) is -0.426. The molecule has 3 fully saturated rings. The first kappa shape index (κ1) is 25.3. The lowest BCUT2D eigenvalue weighted by Crippen LogP contribution is -2.62. The van der Waals surface area contributed by atoms with Crippen molar-refractivity contribution in [3.63, 3.8) is 0 Å². The molecule has 0 heterocycles. The van der Waals surface area contributed by atoms with E-state index in [0.29, 0.717) is 38.5 Å². The van der Waals surface area contributed by atoms with E-state index in [1.54, 1.807) is 26.8 Å². The predicted octanol–water partition coefficient (Wildman–Crippen LogP) is 2.88. The van der Waals surface area contributed by atoms with E-state index in [0.717, 1.165) is 18.4 Å². The third-order valence-corrected chi connectivity index (χ3v) is 10.5. The molecule has 0 bridgehead atoms. The van der Waals surface area contributed by atoms with Gasteiger partial charge in [0.1, 0.15) is 0 Å². The van der Waals surface area contributed by atoms with Gasteiger partial charge in [0, 0.05) is 11.3 Å². The predicted molar refractivity (Wildman–Crippen MR) is 125 cm³/mol. The van der Waals surface area contributed by atoms with Crippen molar-refractivity contribution in [3.8, 4) is 0 Å². The fraction of sp³-hybridized carbons (Fsp3) is 0.889. The minimum atomic E-state index is -1.42. The highest BCUT2D eigenvalue weighted by atomic mass is 16.3. The van der Waals surface area contributed by atoms with Crippen molar-refractivity contribution in [3.05, 3.63) is 11.6 Å². The average molecular weight is 465 g/mol. The highest BCUT2D eigenvalue weighted by Gasteiger charge is 2.68. The molecule has 0 aromatic rings. The van der Waals surface area contributed by atoms with Gasteiger partial charge in [0.25, 0.3) is 0 Å². The molecule has 0 aromatic heterocycles. The van der Waals surface area contributed by atoms with Gasteiger partial charge in [-0.2, -0.15) is 0 Å². The second kappa shape index (κ2) is 7.86. The van der Waals surface area contributed by atoms with Crippen molar-refractivity contribution in [1.82, 2.24) is 0 Å². The molecule has 0 aliphatic heterocycles. The van der Waals surface area contributed by atoms with E-state index in [4.69, 9.17) is 0 Å². The zero-order valence-corrected chi connectivity index (χ0v) is 21.0. The lowest BCUT2D eigenvalue weighted by Gasteiger charge is -2.60. The fourth-order valence-corrected chi connectivity index (χ4v) is 8.27. The Labute approximate surface area is 198 Å². The maximum Gasteiger partial charge on any atom is 0.159 e. The number of aliphatic hydroxyl groups excluding tert-OH is 2. The summed E-state index contributed by atoms with van der Waals surface area (Å²) in [5, 5.41) is 55.0. The highest BCUT2D eigenvalue weighted by molar-refractivity contribution is 5.95. The second-order valence-corrected chi connectivity index (χ2v) is 13.0. The summed E-state index contributed by atoms with van der Waals surface area (Å²) in [5.41, 5.74) is -3.64. The SMILES string of the molecule is CC(C)(O)CC[C@@H](O)[C@@](C)(O)[C@@H]1CC[C@]2(O)C3=CC(=O)[C@@H]4C[C@@H](O)CC[C@]4(C)[C@H]3CC[C@]12C. The number of rotatable bonds is 5. The second-order valence-electron chi connectivity index (χ2n) is 13.0. The van der Waals surface area contributed by atoms with Gasteiger partial charge in [-0.25, -0.2) is 0 Å². The summed E-state index contributed by atoms with van der Waals surface area (Å²) in [6.45, 7) is 9.22. The van der Waals surface area contributed by atoms with Crippen LogP contribution in [0.5, 0.6) is 0 Å². The summed E-state index contributed by atoms with van der Waals surface area (Å²) < 4.78 is 0. The largest absolute Gasteiger partial charge is 0.393 e. The molecule has 3 saturated carbocycles. The van der Waals surface area contributed by atoms with Gasteiger partial charge in [0.05, 0.1) is 29.0 Å². The van der Waals surface area contributed by atoms with Gasteiger partial charge in [0.15, 0.2) is 5.78 Å². The zero-order chi connectivity index (χ0) is 24.6. The number of carbonyl (C=O) groups excluding carboxylic acids is 1. The maximum atomic E-state index is 13.2. The molecule has 0 aromatic carbocycles. The summed E-state index contributed by atoms with van der Waals surface area (Å²) >= 11 is 0. The first-order valence-corrected chi connectivity index (χ1v) is 12.9. The topological polar surface area (TPSA) is 118 Å². The van der Waals surface area contributed by atoms with Crippen LogP contribution in [0.4, 0.5) is 0 Å². The molecule has 4 aliphatic rings. The van der Waals surface area contributed by atoms with Crippen LogP contribution >= 0.6 is 0 Å². The normalized spacial score (nSPS) is 46.0. The van der Waals surface area contributed by atoms with Gasteiger partial charge in [-0.1, -0.05) is 13.8 Å². The third-order valence-electron chi connectivity index (χ3n) is 10.5. The summed E-state index contributed by atoms with van der Waals surface area (Å²) in [7, 11) is 0. The van der Waals surface area contributed by atoms with Crippen LogP contribution in [0.1, 0.15) is 92.4 Å². The van der Waals surface area contributed by atoms with Crippen LogP contribution in [0.2, 0.25) is 0 Å². The summed E-state index contributed by atoms with van der Waals surface area (Å²) in [6, 6.07) is 0. The van der Waals surface area contributed by atoms with Crippen LogP contribution in [0.25, 0.3) is 0 Å². The van der Waals surface area contributed by atoms with Gasteiger partial charge in [-0.3, -0.25) is 4.79 Å². The highest BCUT2D eigenvalue weighted by Crippen LogP contribution is 2.68. The number of hydrogen-bond acceptors (Lipinski definition) is 6. The van der Waals surface area contributed by atoms with Gasteiger partial charge < -0.3 is 25.5 Å². The molecule has 188 valence electrons. The van der Waals surface area contributed by atoms with Crippen molar-refractivity contribution >= 4 is 5.78 Å². The summed E-state index contributed by atoms with van der Waals surface area (Å²) in [6.07, 6.45) is 5.38. The molecule has 0 saturated heterocycles. The van der Waals surface area contributed by atoms with E-state index < -0.39 is 34.4 Å². The standard InChI is InChI=1S/C27H44O6/c1-23(2,31)10-9-22(30)26(5,32)21-8-13-27(33)18-15-20(29)19-14-16(28)6-11-24(19,3)17(18)7-12-25(21,27)4/h15-17,19,21-22,28,30-33H,6-14H2,1-5H3/t16-,17-,19-,21+,22+,24+,25+,26-,27-/m0/s1. The van der Waals surface area contributed by atoms with Crippen molar-refractivity contribution in [2.45, 2.75) is 121 Å². The number of hydrogen-bond donors (Lipinski definition) is 5. The number of fused-ring (bicyclic) bond motifs is 5. The molecule has 4 rings (SSSR count). The Morgan fingerprint density at radius 2 is 1.73 bits per heavy atom. The molecule has 9 atom stereocenters. The molecule has 5 N–H and O–H groups in total. The molecule has 6 nitrogen and oxygen atoms in total. The van der Waals surface area contributed by atoms with Crippen LogP contribution in [-0.4, -0.2) is 60.3 Å². The van der Waals surface area contributed by atoms with Crippen molar-refractivity contribution < 1.29 is 30.3 Å². The first-order chi connectivity index (χ1) is 15.1. The zero-order valence-electron chi connectivity index (χ0n) is 21.0. The maximum absolute atomic E-state index is 13.2. The summed E-state index contributed by atoms with van der Waals surface area (Å²) in [4.78, 5) is 13.2. The third kappa shape index (κ3) is 3.76. The Bertz CT molecular complexity index is 827. The quantitative estimate of drug-likeness (QED) is 0.427. The Morgan fingerprint density at radius 1 is 1.06 bits per heavy atom. The van der Waals surface area contributed by atoms with E-state index in [2.05, 4.69) is 6.92 Å². The molecule has 4 aliphatic carbocycles. The lowest BCUT2D eigenvalue weighted by atomic mass is 9.46. The van der Waals surface area contributed by atoms with E-state index >= 15 is 0 Å². The Kier molecular flexibility index (Phi) is 6.03. The number of carbonyl (C=O) groups is 1. The lowest BCUT2D eigenvalue weighted by molar-refractivity contribution is -0.172. The van der Waals surface area contributed by atoms with Gasteiger partial charge in [-0.15, -0.1) is 0 Å². The smallest absolute Gasteiger partial charge is 0.159 e. The molecule has 33 heavy (non-hydrogen) atoms. The molecule has 0 radical (unpaired) electrons.